The number of aromatic hydroxyl groups is 2. The standard InChI is InChI=1S/C25H18Br2N2O2/c26-21-17(9-11-19(28)23(21)30)25(18-10-12-20(29)24(31)22(18)27)15-7-3-1-5-13(15)14-6-2-4-8-16(14)25/h1-12,30-31H,28-29H2. The van der Waals surface area contributed by atoms with Crippen molar-refractivity contribution in [1.29, 1.82) is 0 Å². The average molecular weight is 538 g/mol. The second-order valence-electron chi connectivity index (χ2n) is 7.57. The van der Waals surface area contributed by atoms with Crippen LogP contribution in [0.2, 0.25) is 0 Å². The molecular formula is C25H18Br2N2O2. The number of rotatable bonds is 2. The molecule has 154 valence electrons. The Morgan fingerprint density at radius 2 is 0.935 bits per heavy atom. The van der Waals surface area contributed by atoms with Crippen LogP contribution < -0.4 is 11.5 Å². The van der Waals surface area contributed by atoms with Gasteiger partial charge in [0, 0.05) is 0 Å². The Morgan fingerprint density at radius 1 is 0.548 bits per heavy atom. The summed E-state index contributed by atoms with van der Waals surface area (Å²) in [5, 5.41) is 21.4. The van der Waals surface area contributed by atoms with E-state index < -0.39 is 5.41 Å². The quantitative estimate of drug-likeness (QED) is 0.160. The number of hydrogen-bond donors (Lipinski definition) is 4. The van der Waals surface area contributed by atoms with Gasteiger partial charge in [-0.2, -0.15) is 0 Å². The summed E-state index contributed by atoms with van der Waals surface area (Å²) in [5.74, 6) is -0.0379. The smallest absolute Gasteiger partial charge is 0.152 e. The Bertz CT molecular complexity index is 1260. The molecule has 6 N–H and O–H groups in total. The van der Waals surface area contributed by atoms with Crippen molar-refractivity contribution < 1.29 is 10.2 Å². The zero-order chi connectivity index (χ0) is 21.9. The number of phenolic OH excluding ortho intramolecular Hbond substituents is 2. The van der Waals surface area contributed by atoms with E-state index in [4.69, 9.17) is 11.5 Å². The third-order valence-corrected chi connectivity index (χ3v) is 7.66. The van der Waals surface area contributed by atoms with Gasteiger partial charge in [0.15, 0.2) is 11.5 Å². The number of anilines is 2. The molecule has 0 radical (unpaired) electrons. The minimum Gasteiger partial charge on any atom is -0.505 e. The van der Waals surface area contributed by atoms with Gasteiger partial charge in [-0.05, 0) is 77.4 Å². The molecule has 0 amide bonds. The van der Waals surface area contributed by atoms with Crippen molar-refractivity contribution >= 4 is 43.2 Å². The lowest BCUT2D eigenvalue weighted by Crippen LogP contribution is -2.29. The van der Waals surface area contributed by atoms with E-state index in [1.165, 1.54) is 0 Å². The van der Waals surface area contributed by atoms with Crippen LogP contribution in [0, 0.1) is 0 Å². The second kappa shape index (κ2) is 7.04. The van der Waals surface area contributed by atoms with Gasteiger partial charge >= 0.3 is 0 Å². The lowest BCUT2D eigenvalue weighted by molar-refractivity contribution is 0.471. The number of fused-ring (bicyclic) bond motifs is 3. The molecule has 4 aromatic carbocycles. The van der Waals surface area contributed by atoms with Gasteiger partial charge < -0.3 is 21.7 Å². The number of hydrogen-bond acceptors (Lipinski definition) is 4. The molecule has 4 aromatic rings. The lowest BCUT2D eigenvalue weighted by atomic mass is 9.67. The molecule has 0 aliphatic heterocycles. The molecule has 0 fully saturated rings. The maximum atomic E-state index is 10.7. The van der Waals surface area contributed by atoms with E-state index in [0.29, 0.717) is 8.95 Å². The zero-order valence-electron chi connectivity index (χ0n) is 16.2. The van der Waals surface area contributed by atoms with Crippen LogP contribution in [0.3, 0.4) is 0 Å². The van der Waals surface area contributed by atoms with Gasteiger partial charge in [0.1, 0.15) is 0 Å². The van der Waals surface area contributed by atoms with Crippen molar-refractivity contribution in [3.05, 3.63) is 104 Å². The number of halogens is 2. The summed E-state index contributed by atoms with van der Waals surface area (Å²) < 4.78 is 1.00. The Balaban J connectivity index is 2.04. The maximum absolute atomic E-state index is 10.7. The Hall–Kier alpha value is -2.96. The fourth-order valence-corrected chi connectivity index (χ4v) is 6.02. The zero-order valence-corrected chi connectivity index (χ0v) is 19.4. The summed E-state index contributed by atoms with van der Waals surface area (Å²) >= 11 is 7.20. The van der Waals surface area contributed by atoms with E-state index in [0.717, 1.165) is 33.4 Å². The van der Waals surface area contributed by atoms with E-state index in [1.54, 1.807) is 12.1 Å². The third kappa shape index (κ3) is 2.58. The minimum atomic E-state index is -0.832. The largest absolute Gasteiger partial charge is 0.505 e. The van der Waals surface area contributed by atoms with Gasteiger partial charge in [0.05, 0.1) is 25.7 Å². The summed E-state index contributed by atoms with van der Waals surface area (Å²) in [5.41, 5.74) is 17.6. The fourth-order valence-electron chi connectivity index (χ4n) is 4.70. The highest BCUT2D eigenvalue weighted by molar-refractivity contribution is 9.11. The molecule has 5 rings (SSSR count). The molecule has 1 aliphatic carbocycles. The normalized spacial score (nSPS) is 13.6. The van der Waals surface area contributed by atoms with Gasteiger partial charge in [-0.15, -0.1) is 0 Å². The highest BCUT2D eigenvalue weighted by Gasteiger charge is 2.48. The molecule has 0 spiro atoms. The Kier molecular flexibility index (Phi) is 4.53. The first-order chi connectivity index (χ1) is 14.9. The lowest BCUT2D eigenvalue weighted by Gasteiger charge is -2.35. The first-order valence-electron chi connectivity index (χ1n) is 9.63. The van der Waals surface area contributed by atoms with E-state index >= 15 is 0 Å². The van der Waals surface area contributed by atoms with E-state index in [-0.39, 0.29) is 22.9 Å². The van der Waals surface area contributed by atoms with Crippen molar-refractivity contribution in [2.24, 2.45) is 0 Å². The predicted octanol–water partition coefficient (Wildman–Crippen LogP) is 6.15. The van der Waals surface area contributed by atoms with Crippen LogP contribution in [0.4, 0.5) is 11.4 Å². The number of benzene rings is 4. The van der Waals surface area contributed by atoms with Crippen molar-refractivity contribution in [3.8, 4) is 22.6 Å². The molecule has 4 nitrogen and oxygen atoms in total. The number of phenols is 2. The van der Waals surface area contributed by atoms with Gasteiger partial charge in [-0.3, -0.25) is 0 Å². The molecule has 1 aliphatic rings. The molecule has 6 heteroatoms. The van der Waals surface area contributed by atoms with Gasteiger partial charge in [-0.25, -0.2) is 0 Å². The van der Waals surface area contributed by atoms with Crippen LogP contribution in [0.5, 0.6) is 11.5 Å². The molecule has 0 aromatic heterocycles. The SMILES string of the molecule is Nc1ccc(C2(c3ccc(N)c(O)c3Br)c3ccccc3-c3ccccc32)c(Br)c1O. The number of nitrogens with two attached hydrogens (primary N) is 2. The predicted molar refractivity (Wildman–Crippen MR) is 131 cm³/mol. The van der Waals surface area contributed by atoms with Crippen LogP contribution in [0.15, 0.2) is 81.7 Å². The van der Waals surface area contributed by atoms with E-state index in [9.17, 15) is 10.2 Å². The van der Waals surface area contributed by atoms with E-state index in [2.05, 4.69) is 56.1 Å². The Labute approximate surface area is 196 Å². The van der Waals surface area contributed by atoms with Crippen molar-refractivity contribution in [1.82, 2.24) is 0 Å². The number of nitrogen functional groups attached to an aromatic ring is 2. The first-order valence-corrected chi connectivity index (χ1v) is 11.2. The molecule has 0 bridgehead atoms. The van der Waals surface area contributed by atoms with Crippen LogP contribution in [0.25, 0.3) is 11.1 Å². The molecular weight excluding hydrogens is 520 g/mol. The first kappa shape index (κ1) is 20.0. The van der Waals surface area contributed by atoms with Crippen molar-refractivity contribution in [2.45, 2.75) is 5.41 Å². The van der Waals surface area contributed by atoms with Crippen LogP contribution in [0.1, 0.15) is 22.3 Å². The third-order valence-electron chi connectivity index (χ3n) is 6.06. The molecule has 0 heterocycles. The maximum Gasteiger partial charge on any atom is 0.152 e. The molecule has 31 heavy (non-hydrogen) atoms. The molecule has 0 atom stereocenters. The van der Waals surface area contributed by atoms with Gasteiger partial charge in [0.2, 0.25) is 0 Å². The summed E-state index contributed by atoms with van der Waals surface area (Å²) in [6, 6.07) is 23.6. The summed E-state index contributed by atoms with van der Waals surface area (Å²) in [6.07, 6.45) is 0. The minimum absolute atomic E-state index is 0.0190. The van der Waals surface area contributed by atoms with Crippen molar-refractivity contribution in [2.75, 3.05) is 11.5 Å². The van der Waals surface area contributed by atoms with Crippen LogP contribution in [-0.4, -0.2) is 10.2 Å². The summed E-state index contributed by atoms with van der Waals surface area (Å²) in [4.78, 5) is 0. The topological polar surface area (TPSA) is 92.5 Å². The molecule has 0 saturated heterocycles. The second-order valence-corrected chi connectivity index (χ2v) is 9.16. The van der Waals surface area contributed by atoms with Crippen molar-refractivity contribution in [3.63, 3.8) is 0 Å². The van der Waals surface area contributed by atoms with E-state index in [1.807, 2.05) is 36.4 Å². The summed E-state index contributed by atoms with van der Waals surface area (Å²) in [6.45, 7) is 0. The molecule has 0 saturated carbocycles. The highest BCUT2D eigenvalue weighted by Crippen LogP contribution is 2.60. The van der Waals surface area contributed by atoms with Gasteiger partial charge in [0.25, 0.3) is 0 Å². The van der Waals surface area contributed by atoms with Gasteiger partial charge in [-0.1, -0.05) is 60.7 Å². The molecule has 0 unspecified atom stereocenters. The summed E-state index contributed by atoms with van der Waals surface area (Å²) in [7, 11) is 0. The van der Waals surface area contributed by atoms with Crippen LogP contribution in [-0.2, 0) is 5.41 Å². The average Bonchev–Trinajstić information content (AvgIpc) is 3.07. The Morgan fingerprint density at radius 3 is 1.35 bits per heavy atom. The fraction of sp³-hybridized carbons (Fsp3) is 0.0400. The van der Waals surface area contributed by atoms with Crippen LogP contribution >= 0.6 is 31.9 Å². The monoisotopic (exact) mass is 536 g/mol. The highest BCUT2D eigenvalue weighted by atomic mass is 79.9.